The van der Waals surface area contributed by atoms with E-state index in [-0.39, 0.29) is 5.78 Å². The second-order valence-electron chi connectivity index (χ2n) is 2.97. The second kappa shape index (κ2) is 5.29. The number of aryl methyl sites for hydroxylation is 1. The first-order chi connectivity index (χ1) is 6.77. The Balaban J connectivity index is 2.54. The second-order valence-corrected chi connectivity index (χ2v) is 2.97. The van der Waals surface area contributed by atoms with Gasteiger partial charge in [-0.2, -0.15) is 0 Å². The van der Waals surface area contributed by atoms with Crippen LogP contribution in [0, 0.1) is 11.8 Å². The van der Waals surface area contributed by atoms with Crippen molar-refractivity contribution in [3.63, 3.8) is 0 Å². The molecule has 0 atom stereocenters. The molecule has 0 amide bonds. The smallest absolute Gasteiger partial charge is 0.198 e. The highest BCUT2D eigenvalue weighted by molar-refractivity contribution is 5.93. The fourth-order valence-electron chi connectivity index (χ4n) is 1.14. The molecule has 14 heavy (non-hydrogen) atoms. The maximum absolute atomic E-state index is 11.5. The van der Waals surface area contributed by atoms with E-state index >= 15 is 0 Å². The Labute approximate surface area is 84.3 Å². The molecule has 0 aliphatic carbocycles. The largest absolute Gasteiger partial charge is 0.458 e. The maximum Gasteiger partial charge on any atom is 0.198 e. The molecular weight excluding hydrogens is 176 g/mol. The van der Waals surface area contributed by atoms with Crippen LogP contribution in [0.3, 0.4) is 0 Å². The van der Waals surface area contributed by atoms with Gasteiger partial charge in [0.05, 0.1) is 0 Å². The Hall–Kier alpha value is -1.49. The third-order valence-corrected chi connectivity index (χ3v) is 1.94. The molecule has 0 spiro atoms. The predicted octanol–water partition coefficient (Wildman–Crippen LogP) is 2.83. The molecule has 0 aliphatic heterocycles. The third-order valence-electron chi connectivity index (χ3n) is 1.94. The van der Waals surface area contributed by atoms with Crippen LogP contribution >= 0.6 is 0 Å². The topological polar surface area (TPSA) is 30.2 Å². The standard InChI is InChI=1S/C12H14O2/c1-3-5-6-7-11(13)12-9-8-10(4-2)14-12/h8-9H,4,6-7H2,1-2H3. The number of carbonyl (C=O) groups excluding carboxylic acids is 1. The number of ketones is 1. The lowest BCUT2D eigenvalue weighted by Gasteiger charge is -1.92. The van der Waals surface area contributed by atoms with E-state index in [0.29, 0.717) is 18.6 Å². The van der Waals surface area contributed by atoms with E-state index in [9.17, 15) is 4.79 Å². The van der Waals surface area contributed by atoms with E-state index in [0.717, 1.165) is 12.2 Å². The van der Waals surface area contributed by atoms with Gasteiger partial charge < -0.3 is 4.42 Å². The summed E-state index contributed by atoms with van der Waals surface area (Å²) >= 11 is 0. The highest BCUT2D eigenvalue weighted by Gasteiger charge is 2.09. The van der Waals surface area contributed by atoms with Crippen molar-refractivity contribution in [2.75, 3.05) is 0 Å². The lowest BCUT2D eigenvalue weighted by molar-refractivity contribution is 0.0956. The van der Waals surface area contributed by atoms with Gasteiger partial charge in [0.15, 0.2) is 11.5 Å². The van der Waals surface area contributed by atoms with Gasteiger partial charge in [-0.05, 0) is 19.1 Å². The van der Waals surface area contributed by atoms with E-state index in [1.165, 1.54) is 0 Å². The summed E-state index contributed by atoms with van der Waals surface area (Å²) in [7, 11) is 0. The van der Waals surface area contributed by atoms with Gasteiger partial charge >= 0.3 is 0 Å². The summed E-state index contributed by atoms with van der Waals surface area (Å²) in [4.78, 5) is 11.5. The van der Waals surface area contributed by atoms with Crippen LogP contribution in [0.25, 0.3) is 0 Å². The van der Waals surface area contributed by atoms with E-state index in [1.54, 1.807) is 13.0 Å². The number of hydrogen-bond donors (Lipinski definition) is 0. The molecule has 1 heterocycles. The molecule has 0 radical (unpaired) electrons. The molecule has 0 N–H and O–H groups in total. The fourth-order valence-corrected chi connectivity index (χ4v) is 1.14. The van der Waals surface area contributed by atoms with E-state index in [4.69, 9.17) is 4.42 Å². The molecule has 74 valence electrons. The van der Waals surface area contributed by atoms with Crippen LogP contribution in [0.4, 0.5) is 0 Å². The number of Topliss-reactive ketones (excluding diaryl/α,β-unsaturated/α-hetero) is 1. The molecule has 0 aromatic carbocycles. The molecule has 1 rings (SSSR count). The van der Waals surface area contributed by atoms with E-state index in [1.807, 2.05) is 13.0 Å². The van der Waals surface area contributed by atoms with Gasteiger partial charge in [0.25, 0.3) is 0 Å². The highest BCUT2D eigenvalue weighted by Crippen LogP contribution is 2.11. The summed E-state index contributed by atoms with van der Waals surface area (Å²) in [6, 6.07) is 3.58. The Morgan fingerprint density at radius 1 is 1.50 bits per heavy atom. The lowest BCUT2D eigenvalue weighted by atomic mass is 10.2. The van der Waals surface area contributed by atoms with Gasteiger partial charge in [-0.15, -0.1) is 11.8 Å². The summed E-state index contributed by atoms with van der Waals surface area (Å²) in [6.07, 6.45) is 1.87. The molecule has 0 saturated heterocycles. The van der Waals surface area contributed by atoms with Crippen LogP contribution < -0.4 is 0 Å². The summed E-state index contributed by atoms with van der Waals surface area (Å²) in [5, 5.41) is 0. The number of carbonyl (C=O) groups is 1. The van der Waals surface area contributed by atoms with Gasteiger partial charge in [0, 0.05) is 19.3 Å². The molecule has 0 saturated carbocycles. The first-order valence-corrected chi connectivity index (χ1v) is 4.79. The van der Waals surface area contributed by atoms with Crippen LogP contribution in [-0.2, 0) is 6.42 Å². The lowest BCUT2D eigenvalue weighted by Crippen LogP contribution is -1.95. The highest BCUT2D eigenvalue weighted by atomic mass is 16.3. The van der Waals surface area contributed by atoms with Crippen molar-refractivity contribution >= 4 is 5.78 Å². The Morgan fingerprint density at radius 3 is 2.86 bits per heavy atom. The van der Waals surface area contributed by atoms with Gasteiger partial charge in [-0.3, -0.25) is 4.79 Å². The zero-order chi connectivity index (χ0) is 10.4. The van der Waals surface area contributed by atoms with Gasteiger partial charge in [0.1, 0.15) is 5.76 Å². The third kappa shape index (κ3) is 2.77. The van der Waals surface area contributed by atoms with Crippen molar-refractivity contribution in [3.8, 4) is 11.8 Å². The molecule has 2 heteroatoms. The fraction of sp³-hybridized carbons (Fsp3) is 0.417. The van der Waals surface area contributed by atoms with Crippen LogP contribution in [0.15, 0.2) is 16.5 Å². The van der Waals surface area contributed by atoms with Crippen molar-refractivity contribution in [2.24, 2.45) is 0 Å². The Morgan fingerprint density at radius 2 is 2.29 bits per heavy atom. The monoisotopic (exact) mass is 190 g/mol. The van der Waals surface area contributed by atoms with E-state index < -0.39 is 0 Å². The number of furan rings is 1. The molecule has 0 aliphatic rings. The average Bonchev–Trinajstić information content (AvgIpc) is 2.66. The Bertz CT molecular complexity index is 363. The Kier molecular flexibility index (Phi) is 4.00. The summed E-state index contributed by atoms with van der Waals surface area (Å²) in [5.74, 6) is 6.96. The summed E-state index contributed by atoms with van der Waals surface area (Å²) in [6.45, 7) is 3.77. The normalized spacial score (nSPS) is 9.29. The molecule has 1 aromatic heterocycles. The SMILES string of the molecule is CC#CCCC(=O)c1ccc(CC)o1. The predicted molar refractivity (Wildman–Crippen MR) is 55.1 cm³/mol. The van der Waals surface area contributed by atoms with Crippen LogP contribution in [-0.4, -0.2) is 5.78 Å². The minimum Gasteiger partial charge on any atom is -0.458 e. The molecular formula is C12H14O2. The van der Waals surface area contributed by atoms with Crippen molar-refractivity contribution in [1.29, 1.82) is 0 Å². The van der Waals surface area contributed by atoms with Crippen LogP contribution in [0.5, 0.6) is 0 Å². The van der Waals surface area contributed by atoms with Crippen molar-refractivity contribution in [2.45, 2.75) is 33.1 Å². The molecule has 1 aromatic rings. The first-order valence-electron chi connectivity index (χ1n) is 4.79. The number of rotatable bonds is 4. The minimum absolute atomic E-state index is 0.0347. The number of hydrogen-bond acceptors (Lipinski definition) is 2. The quantitative estimate of drug-likeness (QED) is 0.539. The van der Waals surface area contributed by atoms with Gasteiger partial charge in [-0.1, -0.05) is 6.92 Å². The first kappa shape index (κ1) is 10.6. The zero-order valence-electron chi connectivity index (χ0n) is 8.59. The van der Waals surface area contributed by atoms with Gasteiger partial charge in [0.2, 0.25) is 0 Å². The summed E-state index contributed by atoms with van der Waals surface area (Å²) < 4.78 is 5.33. The molecule has 0 fully saturated rings. The van der Waals surface area contributed by atoms with Crippen molar-refractivity contribution in [3.05, 3.63) is 23.7 Å². The average molecular weight is 190 g/mol. The molecule has 0 bridgehead atoms. The van der Waals surface area contributed by atoms with Crippen molar-refractivity contribution < 1.29 is 9.21 Å². The maximum atomic E-state index is 11.5. The minimum atomic E-state index is 0.0347. The summed E-state index contributed by atoms with van der Waals surface area (Å²) in [5.41, 5.74) is 0. The molecule has 2 nitrogen and oxygen atoms in total. The zero-order valence-corrected chi connectivity index (χ0v) is 8.59. The van der Waals surface area contributed by atoms with Crippen molar-refractivity contribution in [1.82, 2.24) is 0 Å². The van der Waals surface area contributed by atoms with E-state index in [2.05, 4.69) is 11.8 Å². The van der Waals surface area contributed by atoms with Crippen LogP contribution in [0.2, 0.25) is 0 Å². The van der Waals surface area contributed by atoms with Crippen LogP contribution in [0.1, 0.15) is 43.0 Å². The molecule has 0 unspecified atom stereocenters. The van der Waals surface area contributed by atoms with Gasteiger partial charge in [-0.25, -0.2) is 0 Å².